The zero-order valence-electron chi connectivity index (χ0n) is 19.1. The Hall–Kier alpha value is -3.32. The summed E-state index contributed by atoms with van der Waals surface area (Å²) in [5.41, 5.74) is 3.30. The monoisotopic (exact) mass is 435 g/mol. The van der Waals surface area contributed by atoms with Gasteiger partial charge in [-0.25, -0.2) is 0 Å². The second kappa shape index (κ2) is 9.44. The normalized spacial score (nSPS) is 14.4. The van der Waals surface area contributed by atoms with Crippen molar-refractivity contribution in [3.05, 3.63) is 59.3 Å². The molecule has 2 aromatic carbocycles. The number of pyridine rings is 1. The van der Waals surface area contributed by atoms with E-state index in [9.17, 15) is 4.79 Å². The highest BCUT2D eigenvalue weighted by atomic mass is 16.5. The van der Waals surface area contributed by atoms with Gasteiger partial charge in [-0.05, 0) is 43.3 Å². The summed E-state index contributed by atoms with van der Waals surface area (Å²) in [7, 11) is 4.98. The summed E-state index contributed by atoms with van der Waals surface area (Å²) in [5, 5.41) is 0.934. The second-order valence-electron chi connectivity index (χ2n) is 7.93. The van der Waals surface area contributed by atoms with E-state index in [1.807, 2.05) is 54.3 Å². The Morgan fingerprint density at radius 1 is 0.906 bits per heavy atom. The molecule has 0 N–H and O–H groups in total. The average Bonchev–Trinajstić information content (AvgIpc) is 2.83. The number of aromatic nitrogens is 1. The van der Waals surface area contributed by atoms with Crippen molar-refractivity contribution in [2.24, 2.45) is 0 Å². The van der Waals surface area contributed by atoms with Crippen LogP contribution in [0.25, 0.3) is 10.9 Å². The second-order valence-corrected chi connectivity index (χ2v) is 7.93. The van der Waals surface area contributed by atoms with Gasteiger partial charge in [0.25, 0.3) is 5.91 Å². The molecule has 1 aromatic heterocycles. The van der Waals surface area contributed by atoms with Crippen LogP contribution in [0.4, 0.5) is 0 Å². The lowest BCUT2D eigenvalue weighted by molar-refractivity contribution is 0.0626. The Morgan fingerprint density at radius 2 is 1.59 bits per heavy atom. The molecular weight excluding hydrogens is 406 g/mol. The smallest absolute Gasteiger partial charge is 0.255 e. The molecule has 0 radical (unpaired) electrons. The number of nitrogens with zero attached hydrogens (tertiary/aromatic N) is 3. The summed E-state index contributed by atoms with van der Waals surface area (Å²) in [5.74, 6) is 2.45. The molecule has 0 bridgehead atoms. The summed E-state index contributed by atoms with van der Waals surface area (Å²) in [6.45, 7) is 5.57. The molecule has 168 valence electrons. The molecule has 2 heterocycles. The van der Waals surface area contributed by atoms with Gasteiger partial charge in [0.05, 0.1) is 38.1 Å². The Labute approximate surface area is 188 Å². The molecule has 0 spiro atoms. The van der Waals surface area contributed by atoms with Gasteiger partial charge in [-0.15, -0.1) is 0 Å². The van der Waals surface area contributed by atoms with E-state index in [0.29, 0.717) is 18.7 Å². The first-order chi connectivity index (χ1) is 15.5. The topological polar surface area (TPSA) is 64.1 Å². The van der Waals surface area contributed by atoms with Gasteiger partial charge in [0.15, 0.2) is 0 Å². The molecule has 4 rings (SSSR count). The van der Waals surface area contributed by atoms with Crippen LogP contribution < -0.4 is 14.2 Å². The van der Waals surface area contributed by atoms with Crippen LogP contribution in [-0.2, 0) is 6.54 Å². The molecule has 1 aliphatic heterocycles. The molecule has 1 aliphatic rings. The third-order valence-corrected chi connectivity index (χ3v) is 5.99. The summed E-state index contributed by atoms with van der Waals surface area (Å²) >= 11 is 0. The lowest BCUT2D eigenvalue weighted by atomic mass is 10.1. The van der Waals surface area contributed by atoms with Crippen LogP contribution in [-0.4, -0.2) is 68.2 Å². The number of carbonyl (C=O) groups excluding carboxylic acids is 1. The van der Waals surface area contributed by atoms with Gasteiger partial charge in [-0.3, -0.25) is 14.7 Å². The summed E-state index contributed by atoms with van der Waals surface area (Å²) in [6.07, 6.45) is 0. The van der Waals surface area contributed by atoms with Crippen LogP contribution in [0.3, 0.4) is 0 Å². The first kappa shape index (κ1) is 21.9. The molecule has 1 fully saturated rings. The number of hydrogen-bond acceptors (Lipinski definition) is 6. The minimum atomic E-state index is 0.0336. The zero-order chi connectivity index (χ0) is 22.7. The van der Waals surface area contributed by atoms with Gasteiger partial charge in [0, 0.05) is 49.7 Å². The van der Waals surface area contributed by atoms with Gasteiger partial charge in [0.1, 0.15) is 17.2 Å². The van der Waals surface area contributed by atoms with Crippen LogP contribution in [0.15, 0.2) is 42.5 Å². The van der Waals surface area contributed by atoms with Crippen LogP contribution >= 0.6 is 0 Å². The third-order valence-electron chi connectivity index (χ3n) is 5.99. The maximum absolute atomic E-state index is 13.2. The molecule has 0 aliphatic carbocycles. The SMILES string of the molecule is COc1ccc(OC)c(CN2CCN(C(=O)c3cc4ccc(OC)cc4nc3C)CC2)c1. The molecule has 0 saturated carbocycles. The maximum Gasteiger partial charge on any atom is 0.255 e. The van der Waals surface area contributed by atoms with Crippen molar-refractivity contribution in [1.82, 2.24) is 14.8 Å². The molecule has 3 aromatic rings. The van der Waals surface area contributed by atoms with E-state index in [0.717, 1.165) is 59.0 Å². The number of fused-ring (bicyclic) bond motifs is 1. The predicted octanol–water partition coefficient (Wildman–Crippen LogP) is 3.53. The van der Waals surface area contributed by atoms with Gasteiger partial charge in [-0.1, -0.05) is 0 Å². The highest BCUT2D eigenvalue weighted by molar-refractivity contribution is 5.98. The number of ether oxygens (including phenoxy) is 3. The zero-order valence-corrected chi connectivity index (χ0v) is 19.1. The number of carbonyl (C=O) groups is 1. The minimum absolute atomic E-state index is 0.0336. The van der Waals surface area contributed by atoms with Crippen molar-refractivity contribution >= 4 is 16.8 Å². The Morgan fingerprint density at radius 3 is 2.28 bits per heavy atom. The fraction of sp³-hybridized carbons (Fsp3) is 0.360. The summed E-state index contributed by atoms with van der Waals surface area (Å²) in [6, 6.07) is 13.5. The highest BCUT2D eigenvalue weighted by Crippen LogP contribution is 2.26. The van der Waals surface area contributed by atoms with Crippen molar-refractivity contribution in [1.29, 1.82) is 0 Å². The average molecular weight is 436 g/mol. The number of aryl methyl sites for hydroxylation is 1. The van der Waals surface area contributed by atoms with Crippen LogP contribution in [0.5, 0.6) is 17.2 Å². The van der Waals surface area contributed by atoms with Crippen LogP contribution in [0, 0.1) is 6.92 Å². The van der Waals surface area contributed by atoms with E-state index in [-0.39, 0.29) is 5.91 Å². The first-order valence-corrected chi connectivity index (χ1v) is 10.7. The highest BCUT2D eigenvalue weighted by Gasteiger charge is 2.24. The molecule has 1 amide bonds. The molecular formula is C25H29N3O4. The minimum Gasteiger partial charge on any atom is -0.497 e. The fourth-order valence-corrected chi connectivity index (χ4v) is 4.11. The van der Waals surface area contributed by atoms with E-state index in [1.54, 1.807) is 21.3 Å². The lowest BCUT2D eigenvalue weighted by Crippen LogP contribution is -2.48. The fourth-order valence-electron chi connectivity index (χ4n) is 4.11. The number of piperazine rings is 1. The quantitative estimate of drug-likeness (QED) is 0.590. The predicted molar refractivity (Wildman–Crippen MR) is 124 cm³/mol. The number of rotatable bonds is 6. The molecule has 32 heavy (non-hydrogen) atoms. The van der Waals surface area contributed by atoms with Crippen molar-refractivity contribution in [3.8, 4) is 17.2 Å². The van der Waals surface area contributed by atoms with Crippen molar-refractivity contribution < 1.29 is 19.0 Å². The Bertz CT molecular complexity index is 1120. The molecule has 0 unspecified atom stereocenters. The number of benzene rings is 2. The lowest BCUT2D eigenvalue weighted by Gasteiger charge is -2.35. The molecule has 7 nitrogen and oxygen atoms in total. The molecule has 7 heteroatoms. The molecule has 1 saturated heterocycles. The van der Waals surface area contributed by atoms with Crippen LogP contribution in [0.1, 0.15) is 21.6 Å². The number of methoxy groups -OCH3 is 3. The van der Waals surface area contributed by atoms with Crippen molar-refractivity contribution in [3.63, 3.8) is 0 Å². The summed E-state index contributed by atoms with van der Waals surface area (Å²) in [4.78, 5) is 22.1. The Balaban J connectivity index is 1.44. The van der Waals surface area contributed by atoms with Crippen LogP contribution in [0.2, 0.25) is 0 Å². The van der Waals surface area contributed by atoms with E-state index in [1.165, 1.54) is 0 Å². The van der Waals surface area contributed by atoms with E-state index < -0.39 is 0 Å². The van der Waals surface area contributed by atoms with Gasteiger partial charge in [0.2, 0.25) is 0 Å². The summed E-state index contributed by atoms with van der Waals surface area (Å²) < 4.78 is 16.1. The Kier molecular flexibility index (Phi) is 6.46. The number of amides is 1. The molecule has 0 atom stereocenters. The van der Waals surface area contributed by atoms with Crippen molar-refractivity contribution in [2.45, 2.75) is 13.5 Å². The van der Waals surface area contributed by atoms with Gasteiger partial charge >= 0.3 is 0 Å². The number of hydrogen-bond donors (Lipinski definition) is 0. The van der Waals surface area contributed by atoms with Crippen molar-refractivity contribution in [2.75, 3.05) is 47.5 Å². The first-order valence-electron chi connectivity index (χ1n) is 10.7. The maximum atomic E-state index is 13.2. The van der Waals surface area contributed by atoms with E-state index >= 15 is 0 Å². The third kappa shape index (κ3) is 4.48. The standard InChI is InChI=1S/C25H29N3O4/c1-17-22(14-18-5-6-21(31-3)15-23(18)26-17)25(29)28-11-9-27(10-12-28)16-19-13-20(30-2)7-8-24(19)32-4/h5-8,13-15H,9-12,16H2,1-4H3. The van der Waals surface area contributed by atoms with Gasteiger partial charge in [-0.2, -0.15) is 0 Å². The van der Waals surface area contributed by atoms with E-state index in [2.05, 4.69) is 9.88 Å². The van der Waals surface area contributed by atoms with Gasteiger partial charge < -0.3 is 19.1 Å². The largest absolute Gasteiger partial charge is 0.497 e. The van der Waals surface area contributed by atoms with E-state index in [4.69, 9.17) is 14.2 Å².